The van der Waals surface area contributed by atoms with Gasteiger partial charge >= 0.3 is 0 Å². The van der Waals surface area contributed by atoms with E-state index in [1.54, 1.807) is 18.2 Å². The molecule has 21 aromatic rings. The van der Waals surface area contributed by atoms with Gasteiger partial charge < -0.3 is 42.5 Å². The molecule has 6 aromatic heterocycles. The first kappa shape index (κ1) is 92.6. The van der Waals surface area contributed by atoms with Crippen molar-refractivity contribution in [3.63, 3.8) is 0 Å². The first-order valence-electron chi connectivity index (χ1n) is 43.0. The number of nitrogens with two attached hydrogens (primary N) is 1. The highest BCUT2D eigenvalue weighted by Gasteiger charge is 2.20. The SMILES string of the molecule is Nc1ccc(Nc2c3ccccc3nc3ccccc23)cc1.O=C(CCl)Nc1c2ccccc2nc2ccccc12.O=S(=O)(CCCBr)Cc1ccc(Nc2c3ccccc3nc3ccccc23)cc1.OCCCc1ccc(Nc2c3ccccc3nc3ccccc23)cc1.OCCNc1c2ccccc2nc2ccccc12.[C-]#[N+]c1cc(I)c2nc3cc([N+](=O)[O-])ccc3c(Cl)c2c1. The number of benzene rings is 15. The van der Waals surface area contributed by atoms with Gasteiger partial charge in [0.05, 0.1) is 129 Å². The Hall–Kier alpha value is -14.7. The average Bonchev–Trinajstić information content (AvgIpc) is 0.765. The van der Waals surface area contributed by atoms with Crippen molar-refractivity contribution in [3.05, 3.63) is 387 Å². The zero-order valence-electron chi connectivity index (χ0n) is 72.0. The predicted molar refractivity (Wildman–Crippen MR) is 566 cm³/mol. The third-order valence-corrected chi connectivity index (χ3v) is 25.8. The fourth-order valence-electron chi connectivity index (χ4n) is 15.7. The number of nitro groups is 1. The van der Waals surface area contributed by atoms with Gasteiger partial charge in [0.2, 0.25) is 5.91 Å². The second-order valence-corrected chi connectivity index (χ2v) is 35.9. The topological polar surface area (TPSA) is 303 Å². The molecule has 15 aromatic carbocycles. The number of para-hydroxylation sites is 10. The number of anilines is 9. The number of nitrogen functional groups attached to an aromatic ring is 1. The standard InChI is InChI=1S/C23H21BrN2O2S.C22H20N2O.C19H15N3.C15H11ClN2O.C15H14N2O.C14H5ClIN3O2/c24-14-5-15-29(27,28)16-17-10-12-18(13-11-17)25-23-19-6-1-3-8-21(19)26-22-9-4-2-7-20(22)23;25-15-5-6-16-11-13-17(14-12-16)23-22-18-7-1-3-9-20(18)24-21-10-4-2-8-19(21)22;20-13-9-11-14(12-10-13)21-19-15-5-1-3-7-17(15)22-18-8-4-2-6-16(18)19;16-9-14(19)18-15-10-5-1-3-7-12(10)17-13-8-4-2-6-11(13)15;18-10-9-16-15-11-5-1-3-7-13(11)17-14-8-4-2-6-12(14)15;1-17-7-4-10-13(15)9-3-2-8(19(20)21)6-12(9)18-14(10)11(16)5-7/h1-4,6-13H,5,14-16H2,(H,25,26);1-4,7-14,25H,5-6,15H2,(H,23,24);1-12H,20H2,(H,21,22);1-8H,9H2,(H,17,18,19);1-8,18H,9-10H2,(H,16,17);2-6H. The highest BCUT2D eigenvalue weighted by molar-refractivity contribution is 14.1. The Morgan fingerprint density at radius 1 is 0.433 bits per heavy atom. The number of pyridine rings is 6. The lowest BCUT2D eigenvalue weighted by Gasteiger charge is -2.14. The number of nitro benzene ring substituents is 1. The Kier molecular flexibility index (Phi) is 30.1. The molecule has 0 aliphatic rings. The lowest BCUT2D eigenvalue weighted by atomic mass is 10.1. The molecule has 0 aliphatic heterocycles. The normalized spacial score (nSPS) is 11.1. The summed E-state index contributed by atoms with van der Waals surface area (Å²) in [5.41, 5.74) is 27.5. The maximum Gasteiger partial charge on any atom is 0.271 e. The van der Waals surface area contributed by atoms with Crippen molar-refractivity contribution >= 4 is 271 Å². The van der Waals surface area contributed by atoms with Crippen molar-refractivity contribution in [3.8, 4) is 0 Å². The second kappa shape index (κ2) is 43.6. The number of non-ortho nitro benzene ring substituents is 1. The van der Waals surface area contributed by atoms with Crippen LogP contribution >= 0.6 is 61.7 Å². The van der Waals surface area contributed by atoms with E-state index in [2.05, 4.69) is 158 Å². The van der Waals surface area contributed by atoms with Crippen LogP contribution in [-0.2, 0) is 26.8 Å². The monoisotopic (exact) mass is 2000 g/mol. The third kappa shape index (κ3) is 22.1. The molecule has 0 saturated carbocycles. The van der Waals surface area contributed by atoms with E-state index in [0.29, 0.717) is 50.8 Å². The predicted octanol–water partition coefficient (Wildman–Crippen LogP) is 27.1. The van der Waals surface area contributed by atoms with Crippen LogP contribution < -0.4 is 32.3 Å². The smallest absolute Gasteiger partial charge is 0.271 e. The summed E-state index contributed by atoms with van der Waals surface area (Å²) in [5, 5.41) is 58.6. The number of carbonyl (C=O) groups is 1. The van der Waals surface area contributed by atoms with Crippen molar-refractivity contribution in [2.45, 2.75) is 25.0 Å². The number of fused-ring (bicyclic) bond motifs is 12. The molecule has 0 fully saturated rings. The highest BCUT2D eigenvalue weighted by Crippen LogP contribution is 2.41. The molecular formula is C108H86BrCl2IN14O7S. The van der Waals surface area contributed by atoms with Crippen molar-refractivity contribution in [2.24, 2.45) is 0 Å². The zero-order chi connectivity index (χ0) is 93.0. The Morgan fingerprint density at radius 3 is 1.13 bits per heavy atom. The van der Waals surface area contributed by atoms with E-state index in [0.717, 1.165) is 182 Å². The molecule has 0 bridgehead atoms. The number of nitrogens with zero attached hydrogens (tertiary/aromatic N) is 8. The number of sulfone groups is 1. The molecule has 0 unspecified atom stereocenters. The molecule has 21 nitrogen and oxygen atoms in total. The molecule has 0 saturated heterocycles. The van der Waals surface area contributed by atoms with Gasteiger partial charge in [-0.1, -0.05) is 234 Å². The molecule has 6 heterocycles. The molecule has 0 spiro atoms. The summed E-state index contributed by atoms with van der Waals surface area (Å²) in [4.78, 5) is 53.3. The quantitative estimate of drug-likeness (QED) is 0.00669. The van der Waals surface area contributed by atoms with Crippen LogP contribution in [0.4, 0.5) is 62.6 Å². The summed E-state index contributed by atoms with van der Waals surface area (Å²) in [6.07, 6.45) is 2.33. The van der Waals surface area contributed by atoms with E-state index in [-0.39, 0.29) is 42.2 Å². The van der Waals surface area contributed by atoms with Gasteiger partial charge in [-0.25, -0.2) is 43.2 Å². The Balaban J connectivity index is 0.000000118. The highest BCUT2D eigenvalue weighted by atomic mass is 127. The minimum Gasteiger partial charge on any atom is -0.399 e. The van der Waals surface area contributed by atoms with Crippen LogP contribution in [0.2, 0.25) is 5.02 Å². The van der Waals surface area contributed by atoms with Gasteiger partial charge in [-0.3, -0.25) is 14.9 Å². The summed E-state index contributed by atoms with van der Waals surface area (Å²) >= 11 is 17.3. The lowest BCUT2D eigenvalue weighted by Crippen LogP contribution is -2.13. The molecule has 664 valence electrons. The Morgan fingerprint density at radius 2 is 0.784 bits per heavy atom. The van der Waals surface area contributed by atoms with Crippen LogP contribution in [0.3, 0.4) is 0 Å². The van der Waals surface area contributed by atoms with Gasteiger partial charge in [-0.15, -0.1) is 11.6 Å². The number of alkyl halides is 2. The first-order chi connectivity index (χ1) is 65.4. The lowest BCUT2D eigenvalue weighted by molar-refractivity contribution is -0.384. The Bertz CT molecular complexity index is 7830. The summed E-state index contributed by atoms with van der Waals surface area (Å²) < 4.78 is 25.2. The molecule has 26 heteroatoms. The van der Waals surface area contributed by atoms with Gasteiger partial charge in [0.25, 0.3) is 5.69 Å². The maximum absolute atomic E-state index is 12.2. The van der Waals surface area contributed by atoms with E-state index in [1.165, 1.54) is 17.7 Å². The summed E-state index contributed by atoms with van der Waals surface area (Å²) in [7, 11) is -3.08. The van der Waals surface area contributed by atoms with Gasteiger partial charge in [-0.05, 0) is 180 Å². The first-order valence-corrected chi connectivity index (χ1v) is 47.9. The van der Waals surface area contributed by atoms with Gasteiger partial charge in [0.15, 0.2) is 15.5 Å². The number of nitrogens with one attached hydrogen (secondary N) is 5. The molecule has 0 radical (unpaired) electrons. The summed E-state index contributed by atoms with van der Waals surface area (Å²) in [5.74, 6) is -0.0113. The number of aryl methyl sites for hydroxylation is 1. The number of rotatable bonds is 20. The second-order valence-electron chi connectivity index (χ2n) is 31.1. The number of aliphatic hydroxyl groups excluding tert-OH is 2. The van der Waals surface area contributed by atoms with Crippen LogP contribution in [0.25, 0.3) is 136 Å². The number of aromatic nitrogens is 6. The largest absolute Gasteiger partial charge is 0.399 e. The number of hydrogen-bond acceptors (Lipinski definition) is 18. The molecule has 21 rings (SSSR count). The van der Waals surface area contributed by atoms with Crippen LogP contribution in [0.15, 0.2) is 346 Å². The molecule has 1 amide bonds. The van der Waals surface area contributed by atoms with E-state index in [9.17, 15) is 23.3 Å². The van der Waals surface area contributed by atoms with Crippen molar-refractivity contribution in [2.75, 3.05) is 69.0 Å². The molecule has 0 atom stereocenters. The summed E-state index contributed by atoms with van der Waals surface area (Å²) in [6, 6.07) is 112. The van der Waals surface area contributed by atoms with Crippen molar-refractivity contribution < 1.29 is 28.3 Å². The maximum atomic E-state index is 12.2. The fourth-order valence-corrected chi connectivity index (χ4v) is 18.9. The van der Waals surface area contributed by atoms with E-state index >= 15 is 0 Å². The van der Waals surface area contributed by atoms with Crippen LogP contribution in [-0.4, -0.2) is 96.1 Å². The van der Waals surface area contributed by atoms with Crippen molar-refractivity contribution in [1.29, 1.82) is 0 Å². The van der Waals surface area contributed by atoms with Crippen LogP contribution in [0, 0.1) is 20.3 Å². The molecule has 134 heavy (non-hydrogen) atoms. The van der Waals surface area contributed by atoms with E-state index in [4.69, 9.17) is 60.7 Å². The van der Waals surface area contributed by atoms with Crippen LogP contribution in [0.1, 0.15) is 24.0 Å². The minimum atomic E-state index is -3.08. The van der Waals surface area contributed by atoms with Crippen LogP contribution in [0.5, 0.6) is 0 Å². The molecule has 0 aliphatic carbocycles. The number of amides is 1. The number of carbonyl (C=O) groups excluding carboxylic acids is 1. The van der Waals surface area contributed by atoms with Gasteiger partial charge in [0.1, 0.15) is 5.88 Å². The number of halogens is 4. The van der Waals surface area contributed by atoms with E-state index in [1.807, 2.05) is 243 Å². The van der Waals surface area contributed by atoms with Gasteiger partial charge in [0, 0.05) is 122 Å². The minimum absolute atomic E-state index is 0.0294. The van der Waals surface area contributed by atoms with E-state index < -0.39 is 14.8 Å². The molecular weight excluding hydrogens is 1920 g/mol. The van der Waals surface area contributed by atoms with Crippen molar-refractivity contribution in [1.82, 2.24) is 29.9 Å². The fraction of sp³-hybridized carbons (Fsp3) is 0.0926. The Labute approximate surface area is 803 Å². The third-order valence-electron chi connectivity index (χ3n) is 22.0. The molecule has 9 N–H and O–H groups in total. The summed E-state index contributed by atoms with van der Waals surface area (Å²) in [6.45, 7) is 7.99. The zero-order valence-corrected chi connectivity index (χ0v) is 78.1. The number of hydrogen-bond donors (Lipinski definition) is 8. The average molecular weight is 2000 g/mol. The number of aliphatic hydroxyl groups is 2. The van der Waals surface area contributed by atoms with Gasteiger partial charge in [-0.2, -0.15) is 0 Å².